The molecule has 1 atom stereocenters. The Bertz CT molecular complexity index is 1010. The molecule has 4 rings (SSSR count). The van der Waals surface area contributed by atoms with Crippen LogP contribution in [0.2, 0.25) is 0 Å². The predicted molar refractivity (Wildman–Crippen MR) is 112 cm³/mol. The Hall–Kier alpha value is -3.41. The van der Waals surface area contributed by atoms with Crippen LogP contribution in [0.5, 0.6) is 0 Å². The standard InChI is InChI=1S/C23H24N4O2/c1-16-8-5-6-12-19(16)23(29)27-13-7-11-18(15-27)21-20(14-24-26-21)25-22(28)17-9-3-2-4-10-17/h2-6,8-10,12,14,18H,7,11,13,15H2,1H3,(H,24,26)(H,25,28)/t18-/m0/s1. The Morgan fingerprint density at radius 1 is 1.10 bits per heavy atom. The molecule has 0 aliphatic carbocycles. The Labute approximate surface area is 169 Å². The number of nitrogens with zero attached hydrogens (tertiary/aromatic N) is 2. The molecule has 2 heterocycles. The molecular weight excluding hydrogens is 364 g/mol. The van der Waals surface area contributed by atoms with Crippen LogP contribution in [0.3, 0.4) is 0 Å². The quantitative estimate of drug-likeness (QED) is 0.709. The number of aryl methyl sites for hydroxylation is 1. The Morgan fingerprint density at radius 3 is 2.66 bits per heavy atom. The summed E-state index contributed by atoms with van der Waals surface area (Å²) in [6.07, 6.45) is 3.49. The van der Waals surface area contributed by atoms with Crippen molar-refractivity contribution in [3.8, 4) is 0 Å². The molecule has 1 saturated heterocycles. The molecule has 0 bridgehead atoms. The molecule has 1 fully saturated rings. The van der Waals surface area contributed by atoms with Gasteiger partial charge in [0.25, 0.3) is 11.8 Å². The second-order valence-electron chi connectivity index (χ2n) is 7.42. The van der Waals surface area contributed by atoms with Gasteiger partial charge in [0.1, 0.15) is 0 Å². The minimum atomic E-state index is -0.170. The molecule has 1 aromatic heterocycles. The summed E-state index contributed by atoms with van der Waals surface area (Å²) in [4.78, 5) is 27.4. The van der Waals surface area contributed by atoms with E-state index in [1.165, 1.54) is 0 Å². The Morgan fingerprint density at radius 2 is 1.86 bits per heavy atom. The highest BCUT2D eigenvalue weighted by molar-refractivity contribution is 6.04. The van der Waals surface area contributed by atoms with Crippen molar-refractivity contribution in [1.82, 2.24) is 15.1 Å². The van der Waals surface area contributed by atoms with E-state index in [1.54, 1.807) is 18.3 Å². The molecular formula is C23H24N4O2. The van der Waals surface area contributed by atoms with Gasteiger partial charge in [0.2, 0.25) is 0 Å². The monoisotopic (exact) mass is 388 g/mol. The highest BCUT2D eigenvalue weighted by Gasteiger charge is 2.29. The van der Waals surface area contributed by atoms with Crippen molar-refractivity contribution in [3.05, 3.63) is 83.2 Å². The topological polar surface area (TPSA) is 78.1 Å². The maximum atomic E-state index is 13.0. The van der Waals surface area contributed by atoms with Crippen LogP contribution in [0.1, 0.15) is 50.7 Å². The number of piperidine rings is 1. The van der Waals surface area contributed by atoms with Gasteiger partial charge in [0.15, 0.2) is 0 Å². The van der Waals surface area contributed by atoms with Crippen molar-refractivity contribution in [3.63, 3.8) is 0 Å². The molecule has 0 unspecified atom stereocenters. The fourth-order valence-electron chi connectivity index (χ4n) is 3.87. The fourth-order valence-corrected chi connectivity index (χ4v) is 3.87. The van der Waals surface area contributed by atoms with Crippen molar-refractivity contribution in [2.75, 3.05) is 18.4 Å². The van der Waals surface area contributed by atoms with Crippen LogP contribution in [0.25, 0.3) is 0 Å². The average Bonchev–Trinajstić information content (AvgIpc) is 3.22. The van der Waals surface area contributed by atoms with Crippen LogP contribution in [0.15, 0.2) is 60.8 Å². The first-order valence-corrected chi connectivity index (χ1v) is 9.88. The lowest BCUT2D eigenvalue weighted by Gasteiger charge is -2.33. The molecule has 6 heteroatoms. The molecule has 1 aliphatic rings. The van der Waals surface area contributed by atoms with Crippen LogP contribution in [0.4, 0.5) is 5.69 Å². The van der Waals surface area contributed by atoms with Crippen molar-refractivity contribution in [2.24, 2.45) is 0 Å². The van der Waals surface area contributed by atoms with Gasteiger partial charge in [-0.1, -0.05) is 36.4 Å². The first kappa shape index (κ1) is 18.9. The molecule has 2 aromatic carbocycles. The zero-order chi connectivity index (χ0) is 20.2. The maximum absolute atomic E-state index is 13.0. The molecule has 2 amide bonds. The number of H-pyrrole nitrogens is 1. The summed E-state index contributed by atoms with van der Waals surface area (Å²) in [5.41, 5.74) is 3.87. The van der Waals surface area contributed by atoms with E-state index >= 15 is 0 Å². The van der Waals surface area contributed by atoms with Crippen LogP contribution >= 0.6 is 0 Å². The SMILES string of the molecule is Cc1ccccc1C(=O)N1CCC[C@H](c2[nH]ncc2NC(=O)c2ccccc2)C1. The summed E-state index contributed by atoms with van der Waals surface area (Å²) < 4.78 is 0. The molecule has 3 aromatic rings. The van der Waals surface area contributed by atoms with Crippen LogP contribution in [-0.4, -0.2) is 40.0 Å². The zero-order valence-electron chi connectivity index (χ0n) is 16.4. The summed E-state index contributed by atoms with van der Waals surface area (Å²) in [6.45, 7) is 3.30. The highest BCUT2D eigenvalue weighted by atomic mass is 16.2. The molecule has 6 nitrogen and oxygen atoms in total. The molecule has 2 N–H and O–H groups in total. The highest BCUT2D eigenvalue weighted by Crippen LogP contribution is 2.31. The number of likely N-dealkylation sites (tertiary alicyclic amines) is 1. The van der Waals surface area contributed by atoms with Crippen LogP contribution in [-0.2, 0) is 0 Å². The summed E-state index contributed by atoms with van der Waals surface area (Å²) in [7, 11) is 0. The number of carbonyl (C=O) groups is 2. The third kappa shape index (κ3) is 4.06. The minimum Gasteiger partial charge on any atom is -0.338 e. The number of aromatic nitrogens is 2. The number of carbonyl (C=O) groups excluding carboxylic acids is 2. The number of hydrogen-bond donors (Lipinski definition) is 2. The van der Waals surface area contributed by atoms with Crippen molar-refractivity contribution in [1.29, 1.82) is 0 Å². The molecule has 148 valence electrons. The number of anilines is 1. The summed E-state index contributed by atoms with van der Waals surface area (Å²) in [5.74, 6) is -0.00983. The number of amides is 2. The van der Waals surface area contributed by atoms with E-state index in [-0.39, 0.29) is 17.7 Å². The van der Waals surface area contributed by atoms with Gasteiger partial charge < -0.3 is 10.2 Å². The van der Waals surface area contributed by atoms with Crippen molar-refractivity contribution >= 4 is 17.5 Å². The van der Waals surface area contributed by atoms with Gasteiger partial charge >= 0.3 is 0 Å². The lowest BCUT2D eigenvalue weighted by atomic mass is 9.93. The molecule has 1 aliphatic heterocycles. The van der Waals surface area contributed by atoms with Crippen LogP contribution in [0, 0.1) is 6.92 Å². The van der Waals surface area contributed by atoms with Crippen molar-refractivity contribution in [2.45, 2.75) is 25.7 Å². The van der Waals surface area contributed by atoms with Gasteiger partial charge in [-0.05, 0) is 43.5 Å². The zero-order valence-corrected chi connectivity index (χ0v) is 16.4. The van der Waals surface area contributed by atoms with Gasteiger partial charge in [-0.15, -0.1) is 0 Å². The molecule has 0 radical (unpaired) electrons. The number of hydrogen-bond acceptors (Lipinski definition) is 3. The number of rotatable bonds is 4. The van der Waals surface area contributed by atoms with Gasteiger partial charge in [-0.2, -0.15) is 5.10 Å². The minimum absolute atomic E-state index is 0.0576. The number of aromatic amines is 1. The van der Waals surface area contributed by atoms with Gasteiger partial charge in [0, 0.05) is 30.1 Å². The fraction of sp³-hybridized carbons (Fsp3) is 0.261. The van der Waals surface area contributed by atoms with Crippen LogP contribution < -0.4 is 5.32 Å². The maximum Gasteiger partial charge on any atom is 0.255 e. The van der Waals surface area contributed by atoms with Gasteiger partial charge in [-0.3, -0.25) is 14.7 Å². The van der Waals surface area contributed by atoms with Gasteiger partial charge in [0.05, 0.1) is 17.6 Å². The lowest BCUT2D eigenvalue weighted by molar-refractivity contribution is 0.0705. The van der Waals surface area contributed by atoms with E-state index in [0.717, 1.165) is 36.2 Å². The molecule has 0 spiro atoms. The Balaban J connectivity index is 1.50. The second kappa shape index (κ2) is 8.31. The van der Waals surface area contributed by atoms with E-state index in [0.29, 0.717) is 17.8 Å². The van der Waals surface area contributed by atoms with E-state index in [2.05, 4.69) is 15.5 Å². The van der Waals surface area contributed by atoms with E-state index in [1.807, 2.05) is 54.3 Å². The largest absolute Gasteiger partial charge is 0.338 e. The van der Waals surface area contributed by atoms with Crippen molar-refractivity contribution < 1.29 is 9.59 Å². The Kier molecular flexibility index (Phi) is 5.42. The first-order valence-electron chi connectivity index (χ1n) is 9.88. The molecule has 29 heavy (non-hydrogen) atoms. The van der Waals surface area contributed by atoms with E-state index < -0.39 is 0 Å². The number of benzene rings is 2. The predicted octanol–water partition coefficient (Wildman–Crippen LogP) is 3.99. The summed E-state index contributed by atoms with van der Waals surface area (Å²) in [6, 6.07) is 16.8. The normalized spacial score (nSPS) is 16.4. The molecule has 0 saturated carbocycles. The lowest BCUT2D eigenvalue weighted by Crippen LogP contribution is -2.39. The van der Waals surface area contributed by atoms with E-state index in [4.69, 9.17) is 0 Å². The number of nitrogens with one attached hydrogen (secondary N) is 2. The van der Waals surface area contributed by atoms with Gasteiger partial charge in [-0.25, -0.2) is 0 Å². The first-order chi connectivity index (χ1) is 14.1. The average molecular weight is 388 g/mol. The summed E-state index contributed by atoms with van der Waals surface area (Å²) in [5, 5.41) is 10.1. The third-order valence-electron chi connectivity index (χ3n) is 5.45. The summed E-state index contributed by atoms with van der Waals surface area (Å²) >= 11 is 0. The second-order valence-corrected chi connectivity index (χ2v) is 7.42. The third-order valence-corrected chi connectivity index (χ3v) is 5.45. The smallest absolute Gasteiger partial charge is 0.255 e. The van der Waals surface area contributed by atoms with E-state index in [9.17, 15) is 9.59 Å².